The lowest BCUT2D eigenvalue weighted by Gasteiger charge is -2.19. The van der Waals surface area contributed by atoms with Crippen molar-refractivity contribution in [3.63, 3.8) is 0 Å². The second kappa shape index (κ2) is 6.87. The Labute approximate surface area is 139 Å². The molecule has 0 radical (unpaired) electrons. The van der Waals surface area contributed by atoms with E-state index in [1.807, 2.05) is 12.1 Å². The van der Waals surface area contributed by atoms with Crippen LogP contribution < -0.4 is 10.1 Å². The molecule has 1 amide bonds. The van der Waals surface area contributed by atoms with Crippen LogP contribution in [0.2, 0.25) is 5.02 Å². The van der Waals surface area contributed by atoms with Crippen LogP contribution in [0.1, 0.15) is 20.8 Å². The third-order valence-electron chi connectivity index (χ3n) is 2.82. The number of carbonyl (C=O) groups excluding carboxylic acids is 2. The van der Waals surface area contributed by atoms with Gasteiger partial charge in [0.25, 0.3) is 0 Å². The highest BCUT2D eigenvalue weighted by molar-refractivity contribution is 6.30. The summed E-state index contributed by atoms with van der Waals surface area (Å²) in [6.07, 6.45) is -0.667. The highest BCUT2D eigenvalue weighted by atomic mass is 35.5. The summed E-state index contributed by atoms with van der Waals surface area (Å²) < 4.78 is 10.3. The van der Waals surface area contributed by atoms with E-state index in [4.69, 9.17) is 21.1 Å². The Bertz CT molecular complexity index is 694. The maximum Gasteiger partial charge on any atom is 0.408 e. The first kappa shape index (κ1) is 17.1. The topological polar surface area (TPSA) is 64.6 Å². The van der Waals surface area contributed by atoms with Crippen LogP contribution in [0.25, 0.3) is 11.1 Å². The van der Waals surface area contributed by atoms with Gasteiger partial charge >= 0.3 is 12.1 Å². The van der Waals surface area contributed by atoms with Crippen LogP contribution in [-0.2, 0) is 9.53 Å². The number of halogens is 1. The fourth-order valence-electron chi connectivity index (χ4n) is 1.91. The Morgan fingerprint density at radius 2 is 1.74 bits per heavy atom. The van der Waals surface area contributed by atoms with E-state index in [1.54, 1.807) is 45.0 Å². The summed E-state index contributed by atoms with van der Waals surface area (Å²) in [5.41, 5.74) is 1.05. The van der Waals surface area contributed by atoms with Crippen molar-refractivity contribution >= 4 is 23.7 Å². The lowest BCUT2D eigenvalue weighted by atomic mass is 10.2. The normalized spacial score (nSPS) is 11.1. The van der Waals surface area contributed by atoms with Gasteiger partial charge in [-0.15, -0.1) is 0 Å². The zero-order valence-corrected chi connectivity index (χ0v) is 13.9. The maximum atomic E-state index is 11.9. The van der Waals surface area contributed by atoms with E-state index in [9.17, 15) is 9.59 Å². The summed E-state index contributed by atoms with van der Waals surface area (Å²) in [6, 6.07) is 10.6. The van der Waals surface area contributed by atoms with Crippen molar-refractivity contribution in [1.29, 1.82) is 0 Å². The van der Waals surface area contributed by atoms with Gasteiger partial charge in [-0.3, -0.25) is 0 Å². The van der Waals surface area contributed by atoms with Crippen LogP contribution in [0.15, 0.2) is 36.4 Å². The molecule has 0 spiro atoms. The smallest absolute Gasteiger partial charge is 0.408 e. The van der Waals surface area contributed by atoms with E-state index >= 15 is 0 Å². The second-order valence-electron chi connectivity index (χ2n) is 5.95. The summed E-state index contributed by atoms with van der Waals surface area (Å²) in [5.74, 6) is -0.163. The van der Waals surface area contributed by atoms with Crippen molar-refractivity contribution in [2.24, 2.45) is 0 Å². The molecule has 0 saturated carbocycles. The lowest BCUT2D eigenvalue weighted by molar-refractivity contribution is -0.133. The molecule has 0 bridgehead atoms. The molecule has 0 aromatic carbocycles. The van der Waals surface area contributed by atoms with Crippen LogP contribution in [0.5, 0.6) is 5.75 Å². The Kier molecular flexibility index (Phi) is 5.11. The van der Waals surface area contributed by atoms with E-state index in [2.05, 4.69) is 5.32 Å². The Hall–Kier alpha value is -2.27. The number of alkyl carbamates (subject to hydrolysis) is 1. The van der Waals surface area contributed by atoms with Gasteiger partial charge < -0.3 is 14.8 Å². The standard InChI is InChI=1S/C17H18ClNO4/c1-17(2,3)23-16(21)19-10-15(20)22-14-9-5-11-4-6-12(18)7-8-13(11)14/h4-9H,10H2,1-3H3,(H,19,21). The Morgan fingerprint density at radius 1 is 1.09 bits per heavy atom. The van der Waals surface area contributed by atoms with E-state index in [1.165, 1.54) is 0 Å². The van der Waals surface area contributed by atoms with Gasteiger partial charge in [-0.25, -0.2) is 9.59 Å². The SMILES string of the molecule is CC(C)(C)OC(=O)NCC(=O)Oc1ccc2ccc(Cl)ccc1-2. The van der Waals surface area contributed by atoms with E-state index in [-0.39, 0.29) is 6.54 Å². The van der Waals surface area contributed by atoms with Gasteiger partial charge in [0.2, 0.25) is 0 Å². The fourth-order valence-corrected chi connectivity index (χ4v) is 2.03. The summed E-state index contributed by atoms with van der Waals surface area (Å²) >= 11 is 5.94. The molecule has 0 unspecified atom stereocenters. The number of carbonyl (C=O) groups is 2. The van der Waals surface area contributed by atoms with Gasteiger partial charge in [0.15, 0.2) is 0 Å². The van der Waals surface area contributed by atoms with Gasteiger partial charge in [-0.05, 0) is 50.6 Å². The number of amides is 1. The van der Waals surface area contributed by atoms with E-state index in [0.717, 1.165) is 11.1 Å². The number of fused-ring (bicyclic) bond motifs is 1. The zero-order chi connectivity index (χ0) is 17.0. The van der Waals surface area contributed by atoms with Gasteiger partial charge in [-0.1, -0.05) is 23.7 Å². The summed E-state index contributed by atoms with van der Waals surface area (Å²) in [7, 11) is 0. The molecule has 6 heteroatoms. The fraction of sp³-hybridized carbons (Fsp3) is 0.294. The zero-order valence-electron chi connectivity index (χ0n) is 13.2. The first-order valence-electron chi connectivity index (χ1n) is 7.10. The number of ether oxygens (including phenoxy) is 2. The highest BCUT2D eigenvalue weighted by Crippen LogP contribution is 2.34. The lowest BCUT2D eigenvalue weighted by Crippen LogP contribution is -2.36. The first-order valence-corrected chi connectivity index (χ1v) is 7.48. The molecule has 0 aromatic rings. The number of hydrogen-bond acceptors (Lipinski definition) is 4. The average molecular weight is 336 g/mol. The van der Waals surface area contributed by atoms with E-state index in [0.29, 0.717) is 10.8 Å². The minimum Gasteiger partial charge on any atom is -0.444 e. The molecule has 2 aliphatic carbocycles. The van der Waals surface area contributed by atoms with Gasteiger partial charge in [0.05, 0.1) is 0 Å². The maximum absolute atomic E-state index is 11.9. The largest absolute Gasteiger partial charge is 0.444 e. The molecule has 0 atom stereocenters. The third-order valence-corrected chi connectivity index (χ3v) is 3.07. The quantitative estimate of drug-likeness (QED) is 0.865. The summed E-state index contributed by atoms with van der Waals surface area (Å²) in [5, 5.41) is 2.95. The molecule has 0 aromatic heterocycles. The molecular formula is C17H18ClNO4. The minimum absolute atomic E-state index is 0.276. The van der Waals surface area contributed by atoms with Crippen LogP contribution in [0.3, 0.4) is 0 Å². The van der Waals surface area contributed by atoms with Crippen molar-refractivity contribution in [1.82, 2.24) is 5.32 Å². The molecule has 2 rings (SSSR count). The van der Waals surface area contributed by atoms with Crippen LogP contribution in [0, 0.1) is 0 Å². The molecule has 0 heterocycles. The summed E-state index contributed by atoms with van der Waals surface area (Å²) in [4.78, 5) is 23.4. The van der Waals surface area contributed by atoms with Gasteiger partial charge in [0.1, 0.15) is 17.9 Å². The van der Waals surface area contributed by atoms with Crippen molar-refractivity contribution in [3.8, 4) is 16.9 Å². The molecule has 5 nitrogen and oxygen atoms in total. The number of rotatable bonds is 3. The highest BCUT2D eigenvalue weighted by Gasteiger charge is 2.18. The van der Waals surface area contributed by atoms with Crippen molar-refractivity contribution in [2.45, 2.75) is 26.4 Å². The first-order chi connectivity index (χ1) is 10.7. The third kappa shape index (κ3) is 5.14. The molecule has 23 heavy (non-hydrogen) atoms. The Balaban J connectivity index is 1.96. The molecule has 122 valence electrons. The van der Waals surface area contributed by atoms with Gasteiger partial charge in [-0.2, -0.15) is 0 Å². The minimum atomic E-state index is -0.667. The number of hydrogen-bond donors (Lipinski definition) is 1. The van der Waals surface area contributed by atoms with Crippen molar-refractivity contribution in [2.75, 3.05) is 6.54 Å². The van der Waals surface area contributed by atoms with Crippen LogP contribution in [-0.4, -0.2) is 24.2 Å². The molecule has 1 N–H and O–H groups in total. The van der Waals surface area contributed by atoms with Crippen molar-refractivity contribution < 1.29 is 19.1 Å². The molecule has 2 aliphatic rings. The predicted octanol–water partition coefficient (Wildman–Crippen LogP) is 3.87. The number of nitrogens with one attached hydrogen (secondary N) is 1. The molecular weight excluding hydrogens is 318 g/mol. The second-order valence-corrected chi connectivity index (χ2v) is 6.38. The van der Waals surface area contributed by atoms with Crippen LogP contribution >= 0.6 is 11.6 Å². The van der Waals surface area contributed by atoms with Crippen molar-refractivity contribution in [3.05, 3.63) is 41.4 Å². The molecule has 0 saturated heterocycles. The average Bonchev–Trinajstić information content (AvgIpc) is 2.70. The Morgan fingerprint density at radius 3 is 2.43 bits per heavy atom. The number of esters is 1. The monoisotopic (exact) mass is 335 g/mol. The predicted molar refractivity (Wildman–Crippen MR) is 87.9 cm³/mol. The molecule has 0 fully saturated rings. The van der Waals surface area contributed by atoms with Crippen LogP contribution in [0.4, 0.5) is 4.79 Å². The summed E-state index contributed by atoms with van der Waals surface area (Å²) in [6.45, 7) is 4.95. The van der Waals surface area contributed by atoms with E-state index < -0.39 is 17.7 Å². The molecule has 0 aliphatic heterocycles. The van der Waals surface area contributed by atoms with Gasteiger partial charge in [0, 0.05) is 10.6 Å².